The van der Waals surface area contributed by atoms with Gasteiger partial charge < -0.3 is 0 Å². The van der Waals surface area contributed by atoms with Crippen LogP contribution in [0.4, 0.5) is 4.39 Å². The third-order valence-corrected chi connectivity index (χ3v) is 6.21. The summed E-state index contributed by atoms with van der Waals surface area (Å²) in [6.07, 6.45) is 4.87. The molecular formula is C12H19FN2O2S2. The lowest BCUT2D eigenvalue weighted by atomic mass is 10.0. The molecule has 0 amide bonds. The molecule has 0 atom stereocenters. The first-order valence-corrected chi connectivity index (χ1v) is 8.77. The van der Waals surface area contributed by atoms with Gasteiger partial charge in [-0.2, -0.15) is 11.8 Å². The van der Waals surface area contributed by atoms with Gasteiger partial charge in [0.2, 0.25) is 5.03 Å². The van der Waals surface area contributed by atoms with E-state index in [0.717, 1.165) is 18.9 Å². The topological polar surface area (TPSA) is 59.1 Å². The largest absolute Gasteiger partial charge is 0.261 e. The van der Waals surface area contributed by atoms with Crippen molar-refractivity contribution in [1.29, 1.82) is 0 Å². The molecule has 0 spiro atoms. The number of aromatic nitrogens is 1. The number of pyridine rings is 1. The number of rotatable bonds is 7. The van der Waals surface area contributed by atoms with Gasteiger partial charge in [0.1, 0.15) is 0 Å². The molecule has 108 valence electrons. The smallest absolute Gasteiger partial charge is 0.241 e. The van der Waals surface area contributed by atoms with Crippen molar-refractivity contribution in [3.63, 3.8) is 0 Å². The first-order valence-electron chi connectivity index (χ1n) is 6.06. The van der Waals surface area contributed by atoms with E-state index in [2.05, 4.69) is 9.71 Å². The van der Waals surface area contributed by atoms with Crippen LogP contribution in [0.1, 0.15) is 26.7 Å². The SMILES string of the molecule is CCC(CC)(CNS(=O)(=O)c1ncccc1F)SC. The summed E-state index contributed by atoms with van der Waals surface area (Å²) in [5, 5.41) is -0.544. The lowest BCUT2D eigenvalue weighted by Crippen LogP contribution is -2.40. The van der Waals surface area contributed by atoms with E-state index in [-0.39, 0.29) is 11.3 Å². The average molecular weight is 306 g/mol. The molecule has 19 heavy (non-hydrogen) atoms. The summed E-state index contributed by atoms with van der Waals surface area (Å²) in [4.78, 5) is 3.60. The minimum atomic E-state index is -3.90. The standard InChI is InChI=1S/C12H19FN2O2S2/c1-4-12(5-2,18-3)9-15-19(16,17)11-10(13)7-6-8-14-11/h6-8,15H,4-5,9H2,1-3H3. The first-order chi connectivity index (χ1) is 8.90. The molecule has 0 aliphatic rings. The summed E-state index contributed by atoms with van der Waals surface area (Å²) in [6.45, 7) is 4.28. The minimum absolute atomic E-state index is 0.168. The van der Waals surface area contributed by atoms with E-state index in [0.29, 0.717) is 0 Å². The van der Waals surface area contributed by atoms with Crippen molar-refractivity contribution in [3.8, 4) is 0 Å². The molecule has 0 unspecified atom stereocenters. The van der Waals surface area contributed by atoms with Crippen LogP contribution >= 0.6 is 11.8 Å². The Morgan fingerprint density at radius 3 is 2.53 bits per heavy atom. The average Bonchev–Trinajstić information content (AvgIpc) is 2.41. The van der Waals surface area contributed by atoms with Crippen LogP contribution in [0, 0.1) is 5.82 Å². The van der Waals surface area contributed by atoms with Crippen LogP contribution in [-0.4, -0.2) is 30.9 Å². The van der Waals surface area contributed by atoms with Crippen LogP contribution in [0.2, 0.25) is 0 Å². The Morgan fingerprint density at radius 2 is 2.05 bits per heavy atom. The highest BCUT2D eigenvalue weighted by Gasteiger charge is 2.29. The molecule has 7 heteroatoms. The second-order valence-corrected chi connectivity index (χ2v) is 7.17. The van der Waals surface area contributed by atoms with Crippen molar-refractivity contribution in [2.75, 3.05) is 12.8 Å². The summed E-state index contributed by atoms with van der Waals surface area (Å²) in [6, 6.07) is 2.45. The number of thioether (sulfide) groups is 1. The van der Waals surface area contributed by atoms with Gasteiger partial charge in [0.25, 0.3) is 10.0 Å². The van der Waals surface area contributed by atoms with Gasteiger partial charge in [-0.25, -0.2) is 22.5 Å². The van der Waals surface area contributed by atoms with E-state index >= 15 is 0 Å². The van der Waals surface area contributed by atoms with Gasteiger partial charge in [0.15, 0.2) is 5.82 Å². The Bertz CT molecular complexity index is 508. The molecule has 1 aromatic heterocycles. The third-order valence-electron chi connectivity index (χ3n) is 3.29. The molecule has 0 aromatic carbocycles. The predicted octanol–water partition coefficient (Wildman–Crippen LogP) is 2.42. The van der Waals surface area contributed by atoms with Crippen molar-refractivity contribution in [1.82, 2.24) is 9.71 Å². The molecular weight excluding hydrogens is 287 g/mol. The molecule has 1 rings (SSSR count). The summed E-state index contributed by atoms with van der Waals surface area (Å²) in [5.74, 6) is -0.835. The van der Waals surface area contributed by atoms with Crippen LogP contribution in [0.3, 0.4) is 0 Å². The van der Waals surface area contributed by atoms with Crippen molar-refractivity contribution in [2.45, 2.75) is 36.5 Å². The number of hydrogen-bond acceptors (Lipinski definition) is 4. The van der Waals surface area contributed by atoms with Crippen LogP contribution in [0.15, 0.2) is 23.4 Å². The van der Waals surface area contributed by atoms with Crippen molar-refractivity contribution in [2.24, 2.45) is 0 Å². The highest BCUT2D eigenvalue weighted by atomic mass is 32.2. The fourth-order valence-electron chi connectivity index (χ4n) is 1.72. The van der Waals surface area contributed by atoms with Crippen molar-refractivity contribution in [3.05, 3.63) is 24.1 Å². The van der Waals surface area contributed by atoms with Gasteiger partial charge in [-0.3, -0.25) is 0 Å². The van der Waals surface area contributed by atoms with E-state index in [1.165, 1.54) is 12.3 Å². The maximum absolute atomic E-state index is 13.5. The van der Waals surface area contributed by atoms with Crippen LogP contribution in [-0.2, 0) is 10.0 Å². The molecule has 1 heterocycles. The van der Waals surface area contributed by atoms with Gasteiger partial charge >= 0.3 is 0 Å². The molecule has 0 saturated carbocycles. The van der Waals surface area contributed by atoms with E-state index in [9.17, 15) is 12.8 Å². The number of sulfonamides is 1. The number of hydrogen-bond donors (Lipinski definition) is 1. The highest BCUT2D eigenvalue weighted by molar-refractivity contribution is 8.00. The number of nitrogens with zero attached hydrogens (tertiary/aromatic N) is 1. The zero-order valence-corrected chi connectivity index (χ0v) is 12.9. The van der Waals surface area contributed by atoms with Gasteiger partial charge in [-0.15, -0.1) is 0 Å². The maximum Gasteiger partial charge on any atom is 0.261 e. The summed E-state index contributed by atoms with van der Waals surface area (Å²) >= 11 is 1.62. The Hall–Kier alpha value is -0.660. The van der Waals surface area contributed by atoms with E-state index in [4.69, 9.17) is 0 Å². The fraction of sp³-hybridized carbons (Fsp3) is 0.583. The van der Waals surface area contributed by atoms with Gasteiger partial charge in [0, 0.05) is 17.5 Å². The van der Waals surface area contributed by atoms with Crippen molar-refractivity contribution >= 4 is 21.8 Å². The van der Waals surface area contributed by atoms with Crippen LogP contribution in [0.25, 0.3) is 0 Å². The zero-order valence-electron chi connectivity index (χ0n) is 11.3. The highest BCUT2D eigenvalue weighted by Crippen LogP contribution is 2.30. The fourth-order valence-corrected chi connectivity index (χ4v) is 3.74. The summed E-state index contributed by atoms with van der Waals surface area (Å²) in [7, 11) is -3.90. The molecule has 0 aliphatic heterocycles. The normalized spacial score (nSPS) is 12.6. The zero-order chi connectivity index (χ0) is 14.5. The molecule has 1 aromatic rings. The third kappa shape index (κ3) is 3.90. The molecule has 0 aliphatic carbocycles. The summed E-state index contributed by atoms with van der Waals surface area (Å²) in [5.41, 5.74) is 0. The van der Waals surface area contributed by atoms with Crippen LogP contribution in [0.5, 0.6) is 0 Å². The molecule has 1 N–H and O–H groups in total. The number of halogens is 1. The Morgan fingerprint density at radius 1 is 1.42 bits per heavy atom. The molecule has 0 saturated heterocycles. The molecule has 0 bridgehead atoms. The Labute approximate surface area is 118 Å². The van der Waals surface area contributed by atoms with Crippen molar-refractivity contribution < 1.29 is 12.8 Å². The van der Waals surface area contributed by atoms with Gasteiger partial charge in [-0.05, 0) is 31.2 Å². The lowest BCUT2D eigenvalue weighted by Gasteiger charge is -2.29. The van der Waals surface area contributed by atoms with Crippen LogP contribution < -0.4 is 4.72 Å². The lowest BCUT2D eigenvalue weighted by molar-refractivity contribution is 0.512. The molecule has 0 radical (unpaired) electrons. The first kappa shape index (κ1) is 16.4. The van der Waals surface area contributed by atoms with E-state index in [1.807, 2.05) is 20.1 Å². The summed E-state index contributed by atoms with van der Waals surface area (Å²) < 4.78 is 39.8. The number of nitrogens with one attached hydrogen (secondary N) is 1. The quantitative estimate of drug-likeness (QED) is 0.840. The monoisotopic (exact) mass is 306 g/mol. The van der Waals surface area contributed by atoms with Gasteiger partial charge in [0.05, 0.1) is 0 Å². The van der Waals surface area contributed by atoms with Gasteiger partial charge in [-0.1, -0.05) is 13.8 Å². The minimum Gasteiger partial charge on any atom is -0.241 e. The van der Waals surface area contributed by atoms with E-state index in [1.54, 1.807) is 11.8 Å². The maximum atomic E-state index is 13.5. The van der Waals surface area contributed by atoms with E-state index < -0.39 is 20.9 Å². The second-order valence-electron chi connectivity index (χ2n) is 4.21. The predicted molar refractivity (Wildman–Crippen MR) is 76.2 cm³/mol. The Kier molecular flexibility index (Phi) is 5.76. The second kappa shape index (κ2) is 6.67. The molecule has 0 fully saturated rings. The Balaban J connectivity index is 2.90. The molecule has 4 nitrogen and oxygen atoms in total.